The average molecular weight is 519 g/mol. The largest absolute Gasteiger partial charge is 0.473 e. The van der Waals surface area contributed by atoms with Crippen LogP contribution in [0.2, 0.25) is 0 Å². The van der Waals surface area contributed by atoms with E-state index in [1.807, 2.05) is 18.2 Å². The van der Waals surface area contributed by atoms with Crippen molar-refractivity contribution in [3.05, 3.63) is 24.3 Å². The first-order valence-electron chi connectivity index (χ1n) is 15.7. The van der Waals surface area contributed by atoms with E-state index in [1.165, 1.54) is 89.9 Å². The van der Waals surface area contributed by atoms with Crippen LogP contribution in [0.15, 0.2) is 24.3 Å². The molecule has 0 fully saturated rings. The van der Waals surface area contributed by atoms with Crippen molar-refractivity contribution in [3.8, 4) is 11.5 Å². The van der Waals surface area contributed by atoms with E-state index >= 15 is 0 Å². The Morgan fingerprint density at radius 3 is 1.41 bits per heavy atom. The number of hydrogen-bond acceptors (Lipinski definition) is 5. The van der Waals surface area contributed by atoms with E-state index in [1.54, 1.807) is 0 Å². The van der Waals surface area contributed by atoms with Gasteiger partial charge in [-0.05, 0) is 38.1 Å². The molecule has 0 aromatic heterocycles. The van der Waals surface area contributed by atoms with Gasteiger partial charge in [0.05, 0.1) is 13.2 Å². The lowest BCUT2D eigenvalue weighted by atomic mass is 10.1. The highest BCUT2D eigenvalue weighted by Gasteiger charge is 2.25. The number of likely N-dealkylation sites (N-methyl/N-ethyl adjacent to an activating group) is 2. The van der Waals surface area contributed by atoms with Crippen molar-refractivity contribution >= 4 is 0 Å². The maximum atomic E-state index is 6.44. The molecule has 0 radical (unpaired) electrons. The molecule has 1 aliphatic heterocycles. The van der Waals surface area contributed by atoms with Crippen molar-refractivity contribution in [2.24, 2.45) is 0 Å². The summed E-state index contributed by atoms with van der Waals surface area (Å²) < 4.78 is 19.2. The topological polar surface area (TPSA) is 34.2 Å². The fourth-order valence-electron chi connectivity index (χ4n) is 5.19. The first kappa shape index (κ1) is 31.9. The van der Waals surface area contributed by atoms with E-state index in [0.29, 0.717) is 13.2 Å². The summed E-state index contributed by atoms with van der Waals surface area (Å²) >= 11 is 0. The molecule has 0 saturated carbocycles. The van der Waals surface area contributed by atoms with Crippen LogP contribution in [-0.2, 0) is 4.74 Å². The summed E-state index contributed by atoms with van der Waals surface area (Å²) in [7, 11) is 0. The second kappa shape index (κ2) is 20.6. The molecule has 1 aromatic carbocycles. The zero-order chi connectivity index (χ0) is 26.6. The monoisotopic (exact) mass is 518 g/mol. The Bertz CT molecular complexity index is 620. The third kappa shape index (κ3) is 13.4. The van der Waals surface area contributed by atoms with E-state index in [-0.39, 0.29) is 12.5 Å². The zero-order valence-electron chi connectivity index (χ0n) is 24.7. The van der Waals surface area contributed by atoms with Crippen molar-refractivity contribution in [1.82, 2.24) is 9.80 Å². The lowest BCUT2D eigenvalue weighted by Crippen LogP contribution is -2.47. The molecule has 0 spiro atoms. The highest BCUT2D eigenvalue weighted by atomic mass is 16.6. The van der Waals surface area contributed by atoms with Crippen molar-refractivity contribution in [1.29, 1.82) is 0 Å². The predicted octanol–water partition coefficient (Wildman–Crippen LogP) is 8.27. The van der Waals surface area contributed by atoms with Gasteiger partial charge >= 0.3 is 0 Å². The standard InChI is InChI=1S/C32H58N2O3/c1-5-9-11-13-15-17-19-24-33(7-3)31-27-35-28-32(37-30-23-21-22-29(26-30)36-31)34(8-4)25-20-18-16-14-12-10-6-2/h21-23,26,31-32H,5-20,24-25,27-28H2,1-4H3. The summed E-state index contributed by atoms with van der Waals surface area (Å²) in [5.41, 5.74) is 0. The van der Waals surface area contributed by atoms with Crippen molar-refractivity contribution in [3.63, 3.8) is 0 Å². The van der Waals surface area contributed by atoms with Gasteiger partial charge in [0, 0.05) is 19.2 Å². The number of unbranched alkanes of at least 4 members (excludes halogenated alkanes) is 12. The Morgan fingerprint density at radius 2 is 1.00 bits per heavy atom. The molecule has 1 heterocycles. The third-order valence-electron chi connectivity index (χ3n) is 7.60. The van der Waals surface area contributed by atoms with Gasteiger partial charge in [-0.15, -0.1) is 0 Å². The number of hydrogen-bond donors (Lipinski definition) is 0. The molecule has 214 valence electrons. The van der Waals surface area contributed by atoms with Gasteiger partial charge in [-0.2, -0.15) is 0 Å². The molecule has 5 nitrogen and oxygen atoms in total. The second-order valence-electron chi connectivity index (χ2n) is 10.7. The quantitative estimate of drug-likeness (QED) is 0.162. The van der Waals surface area contributed by atoms with Gasteiger partial charge in [0.2, 0.25) is 0 Å². The normalized spacial score (nSPS) is 18.1. The smallest absolute Gasteiger partial charge is 0.176 e. The zero-order valence-corrected chi connectivity index (χ0v) is 24.7. The molecule has 2 bridgehead atoms. The summed E-state index contributed by atoms with van der Waals surface area (Å²) in [6.45, 7) is 14.2. The van der Waals surface area contributed by atoms with Gasteiger partial charge in [-0.1, -0.05) is 111 Å². The van der Waals surface area contributed by atoms with Crippen molar-refractivity contribution in [2.75, 3.05) is 39.4 Å². The number of ether oxygens (including phenoxy) is 3. The minimum absolute atomic E-state index is 0.0720. The maximum absolute atomic E-state index is 6.44. The lowest BCUT2D eigenvalue weighted by molar-refractivity contribution is -0.0875. The Kier molecular flexibility index (Phi) is 17.8. The molecule has 5 heteroatoms. The Morgan fingerprint density at radius 1 is 0.595 bits per heavy atom. The van der Waals surface area contributed by atoms with Crippen LogP contribution >= 0.6 is 0 Å². The van der Waals surface area contributed by atoms with Gasteiger partial charge in [0.15, 0.2) is 12.5 Å². The van der Waals surface area contributed by atoms with Crippen LogP contribution in [0, 0.1) is 0 Å². The van der Waals surface area contributed by atoms with Crippen molar-refractivity contribution in [2.45, 2.75) is 130 Å². The maximum Gasteiger partial charge on any atom is 0.176 e. The number of fused-ring (bicyclic) bond motifs is 2. The van der Waals surface area contributed by atoms with Crippen LogP contribution in [0.3, 0.4) is 0 Å². The number of rotatable bonds is 20. The molecule has 1 aliphatic rings. The lowest BCUT2D eigenvalue weighted by Gasteiger charge is -2.35. The van der Waals surface area contributed by atoms with Crippen LogP contribution in [0.5, 0.6) is 11.5 Å². The molecule has 0 N–H and O–H groups in total. The van der Waals surface area contributed by atoms with Gasteiger partial charge < -0.3 is 14.2 Å². The highest BCUT2D eigenvalue weighted by molar-refractivity contribution is 5.33. The number of benzene rings is 1. The highest BCUT2D eigenvalue weighted by Crippen LogP contribution is 2.25. The van der Waals surface area contributed by atoms with Crippen LogP contribution in [0.4, 0.5) is 0 Å². The summed E-state index contributed by atoms with van der Waals surface area (Å²) in [5.74, 6) is 1.72. The van der Waals surface area contributed by atoms with E-state index in [2.05, 4.69) is 43.6 Å². The molecule has 0 saturated heterocycles. The molecule has 2 atom stereocenters. The molecule has 1 aromatic rings. The van der Waals surface area contributed by atoms with Crippen LogP contribution in [0.25, 0.3) is 0 Å². The van der Waals surface area contributed by atoms with Crippen LogP contribution < -0.4 is 9.47 Å². The van der Waals surface area contributed by atoms with E-state index in [0.717, 1.165) is 37.7 Å². The van der Waals surface area contributed by atoms with Crippen molar-refractivity contribution < 1.29 is 14.2 Å². The van der Waals surface area contributed by atoms with Crippen LogP contribution in [-0.4, -0.2) is 61.6 Å². The summed E-state index contributed by atoms with van der Waals surface area (Å²) in [5, 5.41) is 0. The second-order valence-corrected chi connectivity index (χ2v) is 10.7. The van der Waals surface area contributed by atoms with Gasteiger partial charge in [-0.3, -0.25) is 9.80 Å². The minimum atomic E-state index is -0.0720. The predicted molar refractivity (Wildman–Crippen MR) is 157 cm³/mol. The SMILES string of the molecule is CCCCCCCCCN(CC)C1COCC(N(CC)CCCCCCCCC)Oc2cccc(c2)O1. The van der Waals surface area contributed by atoms with Gasteiger partial charge in [0.1, 0.15) is 11.5 Å². The van der Waals surface area contributed by atoms with E-state index in [9.17, 15) is 0 Å². The summed E-state index contributed by atoms with van der Waals surface area (Å²) in [6.07, 6.45) is 18.4. The van der Waals surface area contributed by atoms with Crippen LogP contribution in [0.1, 0.15) is 118 Å². The first-order chi connectivity index (χ1) is 18.2. The molecule has 2 unspecified atom stereocenters. The molecule has 37 heavy (non-hydrogen) atoms. The fraction of sp³-hybridized carbons (Fsp3) is 0.812. The Hall–Kier alpha value is -1.30. The molecular formula is C32H58N2O3. The minimum Gasteiger partial charge on any atom is -0.473 e. The first-order valence-corrected chi connectivity index (χ1v) is 15.7. The Balaban J connectivity index is 1.90. The van der Waals surface area contributed by atoms with E-state index in [4.69, 9.17) is 14.2 Å². The Labute approximate surface area is 229 Å². The van der Waals surface area contributed by atoms with E-state index < -0.39 is 0 Å². The summed E-state index contributed by atoms with van der Waals surface area (Å²) in [4.78, 5) is 4.87. The fourth-order valence-corrected chi connectivity index (χ4v) is 5.19. The summed E-state index contributed by atoms with van der Waals surface area (Å²) in [6, 6.07) is 8.16. The van der Waals surface area contributed by atoms with Gasteiger partial charge in [0.25, 0.3) is 0 Å². The third-order valence-corrected chi connectivity index (χ3v) is 7.60. The molecule has 2 rings (SSSR count). The average Bonchev–Trinajstić information content (AvgIpc) is 2.91. The molecular weight excluding hydrogens is 460 g/mol. The number of nitrogens with zero attached hydrogens (tertiary/aromatic N) is 2. The molecule has 0 amide bonds. The van der Waals surface area contributed by atoms with Gasteiger partial charge in [-0.25, -0.2) is 0 Å². The molecule has 0 aliphatic carbocycles.